The third-order valence-electron chi connectivity index (χ3n) is 6.96. The number of nitrogens with zero attached hydrogens (tertiary/aromatic N) is 6. The Morgan fingerprint density at radius 2 is 1.73 bits per heavy atom. The molecule has 1 unspecified atom stereocenters. The first kappa shape index (κ1) is 23.0. The van der Waals surface area contributed by atoms with Crippen LogP contribution in [-0.4, -0.2) is 62.4 Å². The summed E-state index contributed by atoms with van der Waals surface area (Å²) in [7, 11) is 0. The first-order chi connectivity index (χ1) is 18.1. The van der Waals surface area contributed by atoms with Gasteiger partial charge in [-0.25, -0.2) is 4.98 Å². The largest absolute Gasteiger partial charge is 0.367 e. The molecule has 1 amide bonds. The molecule has 2 aromatic carbocycles. The van der Waals surface area contributed by atoms with E-state index in [1.807, 2.05) is 65.7 Å². The maximum Gasteiger partial charge on any atom is 0.244 e. The monoisotopic (exact) mass is 491 g/mol. The Kier molecular flexibility index (Phi) is 5.92. The van der Waals surface area contributed by atoms with Gasteiger partial charge < -0.3 is 15.1 Å². The van der Waals surface area contributed by atoms with Crippen LogP contribution >= 0.6 is 0 Å². The van der Waals surface area contributed by atoms with Crippen LogP contribution in [-0.2, 0) is 4.79 Å². The molecule has 1 aliphatic rings. The summed E-state index contributed by atoms with van der Waals surface area (Å²) in [6, 6.07) is 20.0. The lowest BCUT2D eigenvalue weighted by Gasteiger charge is -2.37. The normalized spacial score (nSPS) is 14.8. The van der Waals surface area contributed by atoms with Gasteiger partial charge in [0, 0.05) is 60.9 Å². The molecule has 0 bridgehead atoms. The number of imidazole rings is 1. The van der Waals surface area contributed by atoms with Crippen molar-refractivity contribution in [3.63, 3.8) is 0 Å². The molecule has 0 aliphatic carbocycles. The zero-order valence-corrected chi connectivity index (χ0v) is 21.0. The lowest BCUT2D eigenvalue weighted by molar-refractivity contribution is -0.131. The van der Waals surface area contributed by atoms with Gasteiger partial charge in [-0.1, -0.05) is 48.5 Å². The van der Waals surface area contributed by atoms with E-state index in [0.717, 1.165) is 52.4 Å². The fourth-order valence-electron chi connectivity index (χ4n) is 5.10. The van der Waals surface area contributed by atoms with E-state index in [4.69, 9.17) is 4.98 Å². The molecule has 5 aromatic rings. The summed E-state index contributed by atoms with van der Waals surface area (Å²) < 4.78 is 1.95. The number of piperazine rings is 1. The second kappa shape index (κ2) is 9.54. The number of fused-ring (bicyclic) bond motifs is 2. The second-order valence-corrected chi connectivity index (χ2v) is 9.46. The van der Waals surface area contributed by atoms with Gasteiger partial charge in [-0.15, -0.1) is 0 Å². The Morgan fingerprint density at radius 1 is 0.973 bits per heavy atom. The van der Waals surface area contributed by atoms with Crippen LogP contribution in [0.5, 0.6) is 0 Å². The summed E-state index contributed by atoms with van der Waals surface area (Å²) in [5.74, 6) is 0.875. The Hall–Kier alpha value is -4.46. The van der Waals surface area contributed by atoms with Crippen LogP contribution in [0.15, 0.2) is 79.3 Å². The SMILES string of the molecule is Cc1cc(N2CCN(C(=O)C(C)Nc3c(-c4ccccc4)nc4cnccn34)CC2)c2ccccc2n1. The summed E-state index contributed by atoms with van der Waals surface area (Å²) in [6.07, 6.45) is 5.33. The van der Waals surface area contributed by atoms with Gasteiger partial charge in [0.05, 0.1) is 11.7 Å². The highest BCUT2D eigenvalue weighted by molar-refractivity contribution is 5.92. The minimum atomic E-state index is -0.411. The maximum atomic E-state index is 13.5. The van der Waals surface area contributed by atoms with Crippen molar-refractivity contribution in [2.24, 2.45) is 0 Å². The molecule has 0 spiro atoms. The molecule has 0 radical (unpaired) electrons. The van der Waals surface area contributed by atoms with Gasteiger partial charge in [-0.3, -0.25) is 19.2 Å². The number of rotatable bonds is 5. The average molecular weight is 492 g/mol. The van der Waals surface area contributed by atoms with Gasteiger partial charge in [-0.2, -0.15) is 0 Å². The molecule has 3 aromatic heterocycles. The predicted octanol–water partition coefficient (Wildman–Crippen LogP) is 4.40. The summed E-state index contributed by atoms with van der Waals surface area (Å²) in [5, 5.41) is 4.61. The van der Waals surface area contributed by atoms with Crippen LogP contribution in [0.2, 0.25) is 0 Å². The molecule has 1 N–H and O–H groups in total. The highest BCUT2D eigenvalue weighted by atomic mass is 16.2. The number of amides is 1. The van der Waals surface area contributed by atoms with Gasteiger partial charge in [-0.05, 0) is 26.0 Å². The summed E-state index contributed by atoms with van der Waals surface area (Å²) >= 11 is 0. The van der Waals surface area contributed by atoms with E-state index in [0.29, 0.717) is 13.1 Å². The van der Waals surface area contributed by atoms with E-state index in [1.54, 1.807) is 12.4 Å². The van der Waals surface area contributed by atoms with Crippen molar-refractivity contribution in [1.29, 1.82) is 0 Å². The Balaban J connectivity index is 1.20. The van der Waals surface area contributed by atoms with Gasteiger partial charge in [0.1, 0.15) is 17.6 Å². The van der Waals surface area contributed by atoms with Crippen LogP contribution in [0, 0.1) is 6.92 Å². The number of hydrogen-bond donors (Lipinski definition) is 1. The summed E-state index contributed by atoms with van der Waals surface area (Å²) in [6.45, 7) is 6.85. The van der Waals surface area contributed by atoms with Crippen LogP contribution in [0.4, 0.5) is 11.5 Å². The minimum Gasteiger partial charge on any atom is -0.367 e. The van der Waals surface area contributed by atoms with Crippen molar-refractivity contribution in [2.45, 2.75) is 19.9 Å². The Morgan fingerprint density at radius 3 is 2.54 bits per heavy atom. The van der Waals surface area contributed by atoms with Gasteiger partial charge >= 0.3 is 0 Å². The predicted molar refractivity (Wildman–Crippen MR) is 147 cm³/mol. The van der Waals surface area contributed by atoms with Crippen LogP contribution in [0.25, 0.3) is 27.8 Å². The summed E-state index contributed by atoms with van der Waals surface area (Å²) in [4.78, 5) is 31.5. The van der Waals surface area contributed by atoms with Crippen molar-refractivity contribution in [1.82, 2.24) is 24.3 Å². The number of para-hydroxylation sites is 1. The van der Waals surface area contributed by atoms with Crippen LogP contribution in [0.3, 0.4) is 0 Å². The fraction of sp³-hybridized carbons (Fsp3) is 0.241. The first-order valence-corrected chi connectivity index (χ1v) is 12.6. The maximum absolute atomic E-state index is 13.5. The standard InChI is InChI=1S/C29H29N7O/c1-20-18-25(23-10-6-7-11-24(23)31-20)34-14-16-35(17-15-34)29(37)21(2)32-28-27(22-8-4-3-5-9-22)33-26-19-30-12-13-36(26)28/h3-13,18-19,21,32H,14-17H2,1-2H3. The van der Waals surface area contributed by atoms with Crippen molar-refractivity contribution in [3.05, 3.63) is 84.9 Å². The lowest BCUT2D eigenvalue weighted by atomic mass is 10.1. The fourth-order valence-corrected chi connectivity index (χ4v) is 5.10. The first-order valence-electron chi connectivity index (χ1n) is 12.6. The molecular weight excluding hydrogens is 462 g/mol. The van der Waals surface area contributed by atoms with E-state index in [-0.39, 0.29) is 5.91 Å². The number of carbonyl (C=O) groups is 1. The zero-order chi connectivity index (χ0) is 25.4. The number of anilines is 2. The summed E-state index contributed by atoms with van der Waals surface area (Å²) in [5.41, 5.74) is 5.72. The van der Waals surface area contributed by atoms with E-state index >= 15 is 0 Å². The van der Waals surface area contributed by atoms with Gasteiger partial charge in [0.15, 0.2) is 5.65 Å². The quantitative estimate of drug-likeness (QED) is 0.393. The molecule has 1 aliphatic heterocycles. The third-order valence-corrected chi connectivity index (χ3v) is 6.96. The van der Waals surface area contributed by atoms with E-state index in [1.165, 1.54) is 5.69 Å². The minimum absolute atomic E-state index is 0.0819. The Bertz CT molecular complexity index is 1570. The zero-order valence-electron chi connectivity index (χ0n) is 21.0. The molecule has 37 heavy (non-hydrogen) atoms. The number of pyridine rings is 1. The molecular formula is C29H29N7O. The number of nitrogens with one attached hydrogen (secondary N) is 1. The third kappa shape index (κ3) is 4.35. The van der Waals surface area contributed by atoms with Crippen molar-refractivity contribution in [3.8, 4) is 11.3 Å². The second-order valence-electron chi connectivity index (χ2n) is 9.46. The number of benzene rings is 2. The molecule has 8 nitrogen and oxygen atoms in total. The molecule has 1 fully saturated rings. The average Bonchev–Trinajstić information content (AvgIpc) is 3.31. The Labute approximate surface area is 215 Å². The van der Waals surface area contributed by atoms with E-state index in [2.05, 4.69) is 44.5 Å². The van der Waals surface area contributed by atoms with Gasteiger partial charge in [0.2, 0.25) is 5.91 Å². The number of aryl methyl sites for hydroxylation is 1. The number of carbonyl (C=O) groups excluding carboxylic acids is 1. The van der Waals surface area contributed by atoms with E-state index in [9.17, 15) is 4.79 Å². The highest BCUT2D eigenvalue weighted by Gasteiger charge is 2.27. The van der Waals surface area contributed by atoms with Crippen LogP contribution < -0.4 is 10.2 Å². The number of hydrogen-bond acceptors (Lipinski definition) is 6. The number of aromatic nitrogens is 4. The van der Waals surface area contributed by atoms with Crippen molar-refractivity contribution < 1.29 is 4.79 Å². The van der Waals surface area contributed by atoms with Gasteiger partial charge in [0.25, 0.3) is 0 Å². The molecule has 0 saturated carbocycles. The molecule has 8 heteroatoms. The highest BCUT2D eigenvalue weighted by Crippen LogP contribution is 2.30. The molecule has 4 heterocycles. The molecule has 1 atom stereocenters. The smallest absolute Gasteiger partial charge is 0.244 e. The van der Waals surface area contributed by atoms with Crippen molar-refractivity contribution >= 4 is 34.0 Å². The molecule has 186 valence electrons. The molecule has 6 rings (SSSR count). The molecule has 1 saturated heterocycles. The topological polar surface area (TPSA) is 78.7 Å². The van der Waals surface area contributed by atoms with Crippen LogP contribution in [0.1, 0.15) is 12.6 Å². The van der Waals surface area contributed by atoms with E-state index < -0.39 is 6.04 Å². The van der Waals surface area contributed by atoms with Crippen molar-refractivity contribution in [2.75, 3.05) is 36.4 Å². The lowest BCUT2D eigenvalue weighted by Crippen LogP contribution is -2.52.